The molecule has 1 aliphatic rings. The molecule has 5 aromatic carbocycles. The van der Waals surface area contributed by atoms with Crippen LogP contribution >= 0.6 is 31.9 Å². The molecule has 51 heavy (non-hydrogen) atoms. The highest BCUT2D eigenvalue weighted by Gasteiger charge is 2.37. The van der Waals surface area contributed by atoms with Crippen molar-refractivity contribution in [2.75, 3.05) is 11.5 Å². The quantitative estimate of drug-likeness (QED) is 0.0936. The van der Waals surface area contributed by atoms with E-state index in [0.717, 1.165) is 21.6 Å². The second-order valence-electron chi connectivity index (χ2n) is 11.3. The van der Waals surface area contributed by atoms with Crippen molar-refractivity contribution in [3.63, 3.8) is 0 Å². The van der Waals surface area contributed by atoms with E-state index in [2.05, 4.69) is 37.2 Å². The SMILES string of the molecule is CCOc1cc(COc2c(Br)cc(/C=C3/C(=O)NC(=O)N(c4ccc(OCc5ccccc5)cc4)C3=O)cc2Br)ccc1OCc1ccccc1. The summed E-state index contributed by atoms with van der Waals surface area (Å²) in [5, 5.41) is 2.26. The fourth-order valence-electron chi connectivity index (χ4n) is 5.21. The number of nitrogens with zero attached hydrogens (tertiary/aromatic N) is 1. The summed E-state index contributed by atoms with van der Waals surface area (Å²) in [5.74, 6) is 0.787. The molecule has 0 aliphatic carbocycles. The normalized spacial score (nSPS) is 13.6. The van der Waals surface area contributed by atoms with Gasteiger partial charge in [-0.05, 0) is 116 Å². The predicted molar refractivity (Wildman–Crippen MR) is 201 cm³/mol. The number of rotatable bonds is 13. The summed E-state index contributed by atoms with van der Waals surface area (Å²) >= 11 is 7.12. The number of carbonyl (C=O) groups is 3. The van der Waals surface area contributed by atoms with E-state index < -0.39 is 17.8 Å². The van der Waals surface area contributed by atoms with E-state index in [1.54, 1.807) is 36.4 Å². The van der Waals surface area contributed by atoms with Gasteiger partial charge in [-0.1, -0.05) is 66.7 Å². The zero-order valence-corrected chi connectivity index (χ0v) is 30.6. The summed E-state index contributed by atoms with van der Waals surface area (Å²) in [7, 11) is 0. The first-order chi connectivity index (χ1) is 24.8. The number of barbiturate groups is 1. The van der Waals surface area contributed by atoms with Gasteiger partial charge in [-0.25, -0.2) is 9.69 Å². The van der Waals surface area contributed by atoms with Gasteiger partial charge in [0.1, 0.15) is 36.9 Å². The lowest BCUT2D eigenvalue weighted by Gasteiger charge is -2.26. The third kappa shape index (κ3) is 8.86. The van der Waals surface area contributed by atoms with E-state index in [1.807, 2.05) is 85.8 Å². The molecule has 0 aromatic heterocycles. The zero-order chi connectivity index (χ0) is 35.7. The summed E-state index contributed by atoms with van der Waals surface area (Å²) < 4.78 is 25.0. The van der Waals surface area contributed by atoms with Crippen molar-refractivity contribution in [1.29, 1.82) is 0 Å². The van der Waals surface area contributed by atoms with Crippen LogP contribution in [-0.4, -0.2) is 24.5 Å². The molecule has 9 nitrogen and oxygen atoms in total. The van der Waals surface area contributed by atoms with Crippen molar-refractivity contribution in [3.8, 4) is 23.0 Å². The van der Waals surface area contributed by atoms with Crippen LogP contribution in [0.2, 0.25) is 0 Å². The van der Waals surface area contributed by atoms with Gasteiger partial charge in [-0.3, -0.25) is 14.9 Å². The van der Waals surface area contributed by atoms with Gasteiger partial charge in [0, 0.05) is 0 Å². The Morgan fingerprint density at radius 2 is 1.25 bits per heavy atom. The van der Waals surface area contributed by atoms with Crippen molar-refractivity contribution in [3.05, 3.63) is 152 Å². The number of ether oxygens (including phenoxy) is 4. The van der Waals surface area contributed by atoms with Crippen molar-refractivity contribution in [2.24, 2.45) is 0 Å². The molecule has 1 heterocycles. The molecular formula is C40H32Br2N2O7. The fraction of sp³-hybridized carbons (Fsp3) is 0.125. The lowest BCUT2D eigenvalue weighted by atomic mass is 10.1. The number of imide groups is 2. The molecule has 0 bridgehead atoms. The van der Waals surface area contributed by atoms with Crippen molar-refractivity contribution < 1.29 is 33.3 Å². The second kappa shape index (κ2) is 16.5. The number of amides is 4. The average Bonchev–Trinajstić information content (AvgIpc) is 3.13. The average molecular weight is 813 g/mol. The molecule has 6 rings (SSSR count). The zero-order valence-electron chi connectivity index (χ0n) is 27.4. The van der Waals surface area contributed by atoms with E-state index in [-0.39, 0.29) is 17.9 Å². The Morgan fingerprint density at radius 3 is 1.88 bits per heavy atom. The maximum absolute atomic E-state index is 13.5. The third-order valence-electron chi connectivity index (χ3n) is 7.70. The minimum absolute atomic E-state index is 0.204. The van der Waals surface area contributed by atoms with Crippen LogP contribution in [0.1, 0.15) is 29.2 Å². The predicted octanol–water partition coefficient (Wildman–Crippen LogP) is 9.01. The highest BCUT2D eigenvalue weighted by molar-refractivity contribution is 9.11. The van der Waals surface area contributed by atoms with E-state index in [0.29, 0.717) is 57.3 Å². The van der Waals surface area contributed by atoms with Crippen LogP contribution in [0.3, 0.4) is 0 Å². The van der Waals surface area contributed by atoms with E-state index in [9.17, 15) is 14.4 Å². The molecular weight excluding hydrogens is 780 g/mol. The Balaban J connectivity index is 1.13. The number of anilines is 1. The van der Waals surface area contributed by atoms with Crippen molar-refractivity contribution in [2.45, 2.75) is 26.7 Å². The molecule has 1 N–H and O–H groups in total. The largest absolute Gasteiger partial charge is 0.490 e. The van der Waals surface area contributed by atoms with Gasteiger partial charge >= 0.3 is 6.03 Å². The molecule has 11 heteroatoms. The first-order valence-electron chi connectivity index (χ1n) is 16.0. The smallest absolute Gasteiger partial charge is 0.335 e. The lowest BCUT2D eigenvalue weighted by Crippen LogP contribution is -2.54. The summed E-state index contributed by atoms with van der Waals surface area (Å²) in [6.45, 7) is 3.40. The number of halogens is 2. The molecule has 0 saturated carbocycles. The van der Waals surface area contributed by atoms with Crippen LogP contribution < -0.4 is 29.2 Å². The Labute approximate surface area is 312 Å². The van der Waals surface area contributed by atoms with Gasteiger partial charge in [-0.15, -0.1) is 0 Å². The number of hydrogen-bond donors (Lipinski definition) is 1. The number of urea groups is 1. The summed E-state index contributed by atoms with van der Waals surface area (Å²) in [4.78, 5) is 40.1. The molecule has 1 aliphatic heterocycles. The van der Waals surface area contributed by atoms with Gasteiger partial charge in [0.15, 0.2) is 11.5 Å². The first-order valence-corrected chi connectivity index (χ1v) is 17.6. The van der Waals surface area contributed by atoms with E-state index in [4.69, 9.17) is 18.9 Å². The number of benzene rings is 5. The minimum Gasteiger partial charge on any atom is -0.490 e. The molecule has 0 unspecified atom stereocenters. The first kappa shape index (κ1) is 35.4. The van der Waals surface area contributed by atoms with Gasteiger partial charge in [0.2, 0.25) is 0 Å². The highest BCUT2D eigenvalue weighted by Crippen LogP contribution is 2.37. The van der Waals surface area contributed by atoms with Crippen LogP contribution in [0.4, 0.5) is 10.5 Å². The summed E-state index contributed by atoms with van der Waals surface area (Å²) in [5.41, 5.74) is 3.53. The van der Waals surface area contributed by atoms with Gasteiger partial charge < -0.3 is 18.9 Å². The van der Waals surface area contributed by atoms with Crippen molar-refractivity contribution in [1.82, 2.24) is 5.32 Å². The topological polar surface area (TPSA) is 103 Å². The fourth-order valence-corrected chi connectivity index (χ4v) is 6.66. The monoisotopic (exact) mass is 810 g/mol. The standard InChI is InChI=1S/C40H32Br2N2O7/c1-2-48-36-22-28(13-18-35(36)50-24-27-11-7-4-8-12-27)25-51-37-33(41)20-29(21-34(37)42)19-32-38(45)43-40(47)44(39(32)46)30-14-16-31(17-15-30)49-23-26-9-5-3-6-10-26/h3-22H,2,23-25H2,1H3,(H,43,45,47)/b32-19-. The van der Waals surface area contributed by atoms with Gasteiger partial charge in [-0.2, -0.15) is 0 Å². The summed E-state index contributed by atoms with van der Waals surface area (Å²) in [6.07, 6.45) is 1.43. The molecule has 1 fully saturated rings. The summed E-state index contributed by atoms with van der Waals surface area (Å²) in [6, 6.07) is 34.4. The highest BCUT2D eigenvalue weighted by atomic mass is 79.9. The number of nitrogens with one attached hydrogen (secondary N) is 1. The van der Waals surface area contributed by atoms with Crippen LogP contribution in [0.5, 0.6) is 23.0 Å². The molecule has 5 aromatic rings. The maximum atomic E-state index is 13.5. The Hall–Kier alpha value is -5.39. The third-order valence-corrected chi connectivity index (χ3v) is 8.88. The molecule has 4 amide bonds. The molecule has 0 radical (unpaired) electrons. The van der Waals surface area contributed by atoms with E-state index >= 15 is 0 Å². The van der Waals surface area contributed by atoms with Crippen LogP contribution in [-0.2, 0) is 29.4 Å². The maximum Gasteiger partial charge on any atom is 0.335 e. The lowest BCUT2D eigenvalue weighted by molar-refractivity contribution is -0.122. The molecule has 1 saturated heterocycles. The van der Waals surface area contributed by atoms with Crippen LogP contribution in [0.25, 0.3) is 6.08 Å². The minimum atomic E-state index is -0.838. The van der Waals surface area contributed by atoms with Gasteiger partial charge in [0.25, 0.3) is 11.8 Å². The molecule has 0 atom stereocenters. The van der Waals surface area contributed by atoms with Crippen LogP contribution in [0.15, 0.2) is 130 Å². The molecule has 258 valence electrons. The van der Waals surface area contributed by atoms with Gasteiger partial charge in [0.05, 0.1) is 21.2 Å². The van der Waals surface area contributed by atoms with Crippen molar-refractivity contribution >= 4 is 61.5 Å². The Morgan fingerprint density at radius 1 is 0.647 bits per heavy atom. The molecule has 0 spiro atoms. The van der Waals surface area contributed by atoms with Crippen LogP contribution in [0, 0.1) is 0 Å². The number of carbonyl (C=O) groups excluding carboxylic acids is 3. The van der Waals surface area contributed by atoms with E-state index in [1.165, 1.54) is 6.08 Å². The number of hydrogen-bond acceptors (Lipinski definition) is 7. The Kier molecular flexibility index (Phi) is 11.5. The Bertz CT molecular complexity index is 2050. The second-order valence-corrected chi connectivity index (χ2v) is 13.0.